The Morgan fingerprint density at radius 2 is 1.76 bits per heavy atom. The summed E-state index contributed by atoms with van der Waals surface area (Å²) in [4.78, 5) is 24.9. The molecule has 2 aromatic heterocycles. The molecule has 2 aromatic carbocycles. The van der Waals surface area contributed by atoms with E-state index in [1.54, 1.807) is 6.07 Å². The lowest BCUT2D eigenvalue weighted by molar-refractivity contribution is 0.0616. The summed E-state index contributed by atoms with van der Waals surface area (Å²) in [7, 11) is 0. The normalized spacial score (nSPS) is 15.1. The molecule has 1 aliphatic rings. The Bertz CT molecular complexity index is 1090. The van der Waals surface area contributed by atoms with Gasteiger partial charge in [0.2, 0.25) is 0 Å². The summed E-state index contributed by atoms with van der Waals surface area (Å²) in [5.74, 6) is 1.48. The number of aromatic amines is 1. The lowest BCUT2D eigenvalue weighted by atomic mass is 10.1. The van der Waals surface area contributed by atoms with Gasteiger partial charge in [0.15, 0.2) is 11.5 Å². The van der Waals surface area contributed by atoms with Crippen LogP contribution in [-0.2, 0) is 6.54 Å². The predicted octanol–water partition coefficient (Wildman–Crippen LogP) is 3.18. The molecule has 1 N–H and O–H groups in total. The zero-order chi connectivity index (χ0) is 19.6. The number of H-pyrrole nitrogens is 1. The van der Waals surface area contributed by atoms with Gasteiger partial charge in [0.1, 0.15) is 5.82 Å². The fourth-order valence-corrected chi connectivity index (χ4v) is 3.68. The van der Waals surface area contributed by atoms with E-state index < -0.39 is 0 Å². The van der Waals surface area contributed by atoms with E-state index in [0.29, 0.717) is 24.5 Å². The first-order valence-corrected chi connectivity index (χ1v) is 9.74. The Labute approximate surface area is 167 Å². The highest BCUT2D eigenvalue weighted by Gasteiger charge is 2.25. The highest BCUT2D eigenvalue weighted by atomic mass is 16.5. The van der Waals surface area contributed by atoms with Crippen molar-refractivity contribution < 1.29 is 9.32 Å². The van der Waals surface area contributed by atoms with Crippen LogP contribution in [0.5, 0.6) is 0 Å². The molecule has 0 radical (unpaired) electrons. The third kappa shape index (κ3) is 3.64. The molecular weight excluding hydrogens is 366 g/mol. The molecule has 1 amide bonds. The van der Waals surface area contributed by atoms with Crippen LogP contribution in [0.4, 0.5) is 0 Å². The Morgan fingerprint density at radius 3 is 2.55 bits per heavy atom. The van der Waals surface area contributed by atoms with Gasteiger partial charge < -0.3 is 14.4 Å². The number of piperazine rings is 1. The van der Waals surface area contributed by atoms with Crippen LogP contribution in [0.1, 0.15) is 16.3 Å². The van der Waals surface area contributed by atoms with Gasteiger partial charge in [0.25, 0.3) is 5.91 Å². The number of hydrogen-bond donors (Lipinski definition) is 1. The number of para-hydroxylation sites is 2. The minimum Gasteiger partial charge on any atom is -0.355 e. The van der Waals surface area contributed by atoms with E-state index in [1.807, 2.05) is 59.5 Å². The molecule has 0 aliphatic carbocycles. The molecule has 1 fully saturated rings. The van der Waals surface area contributed by atoms with Crippen molar-refractivity contribution in [2.75, 3.05) is 26.2 Å². The molecule has 0 spiro atoms. The number of carbonyl (C=O) groups is 1. The number of benzene rings is 2. The minimum absolute atomic E-state index is 0.0840. The van der Waals surface area contributed by atoms with Gasteiger partial charge in [-0.1, -0.05) is 47.6 Å². The smallest absolute Gasteiger partial charge is 0.276 e. The van der Waals surface area contributed by atoms with Crippen molar-refractivity contribution in [3.8, 4) is 11.3 Å². The van der Waals surface area contributed by atoms with Gasteiger partial charge in [-0.05, 0) is 12.1 Å². The first-order chi connectivity index (χ1) is 14.3. The standard InChI is InChI=1S/C22H21N5O2/c28-22(19-14-20(29-25-19)16-6-2-1-3-7-16)27-12-10-26(11-13-27)15-21-23-17-8-4-5-9-18(17)24-21/h1-9,14H,10-13,15H2,(H,23,24). The summed E-state index contributed by atoms with van der Waals surface area (Å²) in [6.07, 6.45) is 0. The monoisotopic (exact) mass is 387 g/mol. The molecule has 29 heavy (non-hydrogen) atoms. The van der Waals surface area contributed by atoms with Crippen molar-refractivity contribution in [2.24, 2.45) is 0 Å². The highest BCUT2D eigenvalue weighted by Crippen LogP contribution is 2.21. The van der Waals surface area contributed by atoms with E-state index in [1.165, 1.54) is 0 Å². The number of nitrogens with one attached hydrogen (secondary N) is 1. The van der Waals surface area contributed by atoms with Gasteiger partial charge in [-0.3, -0.25) is 9.69 Å². The number of carbonyl (C=O) groups excluding carboxylic acids is 1. The summed E-state index contributed by atoms with van der Waals surface area (Å²) in [5.41, 5.74) is 3.30. The van der Waals surface area contributed by atoms with Crippen LogP contribution in [0.2, 0.25) is 0 Å². The number of hydrogen-bond acceptors (Lipinski definition) is 5. The number of aromatic nitrogens is 3. The summed E-state index contributed by atoms with van der Waals surface area (Å²) >= 11 is 0. The fraction of sp³-hybridized carbons (Fsp3) is 0.227. The van der Waals surface area contributed by atoms with Crippen LogP contribution < -0.4 is 0 Å². The molecule has 3 heterocycles. The lowest BCUT2D eigenvalue weighted by Gasteiger charge is -2.33. The maximum absolute atomic E-state index is 12.8. The van der Waals surface area contributed by atoms with E-state index in [9.17, 15) is 4.79 Å². The second-order valence-electron chi connectivity index (χ2n) is 7.21. The van der Waals surface area contributed by atoms with Gasteiger partial charge in [-0.2, -0.15) is 0 Å². The topological polar surface area (TPSA) is 78.3 Å². The van der Waals surface area contributed by atoms with Crippen molar-refractivity contribution in [1.29, 1.82) is 0 Å². The van der Waals surface area contributed by atoms with Crippen molar-refractivity contribution in [3.05, 3.63) is 72.2 Å². The Balaban J connectivity index is 1.20. The van der Waals surface area contributed by atoms with Gasteiger partial charge in [-0.25, -0.2) is 4.98 Å². The average Bonchev–Trinajstić information content (AvgIpc) is 3.41. The van der Waals surface area contributed by atoms with Crippen LogP contribution in [0, 0.1) is 0 Å². The maximum atomic E-state index is 12.8. The zero-order valence-electron chi connectivity index (χ0n) is 15.9. The Kier molecular flexibility index (Phi) is 4.57. The van der Waals surface area contributed by atoms with Gasteiger partial charge in [0, 0.05) is 37.8 Å². The number of amides is 1. The fourth-order valence-electron chi connectivity index (χ4n) is 3.68. The number of nitrogens with zero attached hydrogens (tertiary/aromatic N) is 4. The van der Waals surface area contributed by atoms with E-state index in [2.05, 4.69) is 20.0 Å². The number of fused-ring (bicyclic) bond motifs is 1. The second-order valence-corrected chi connectivity index (χ2v) is 7.21. The molecule has 0 bridgehead atoms. The summed E-state index contributed by atoms with van der Waals surface area (Å²) in [5, 5.41) is 3.98. The summed E-state index contributed by atoms with van der Waals surface area (Å²) in [6, 6.07) is 19.4. The van der Waals surface area contributed by atoms with Crippen LogP contribution in [0.3, 0.4) is 0 Å². The van der Waals surface area contributed by atoms with Crippen LogP contribution in [0.25, 0.3) is 22.4 Å². The molecule has 1 aliphatic heterocycles. The van der Waals surface area contributed by atoms with E-state index >= 15 is 0 Å². The number of imidazole rings is 1. The van der Waals surface area contributed by atoms with Crippen LogP contribution in [0.15, 0.2) is 65.2 Å². The molecule has 0 unspecified atom stereocenters. The van der Waals surface area contributed by atoms with E-state index in [0.717, 1.165) is 42.1 Å². The molecule has 7 nitrogen and oxygen atoms in total. The Hall–Kier alpha value is -3.45. The zero-order valence-corrected chi connectivity index (χ0v) is 15.9. The summed E-state index contributed by atoms with van der Waals surface area (Å²) in [6.45, 7) is 3.66. The molecule has 0 atom stereocenters. The van der Waals surface area contributed by atoms with Crippen molar-refractivity contribution in [2.45, 2.75) is 6.54 Å². The quantitative estimate of drug-likeness (QED) is 0.582. The average molecular weight is 387 g/mol. The first-order valence-electron chi connectivity index (χ1n) is 9.74. The lowest BCUT2D eigenvalue weighted by Crippen LogP contribution is -2.48. The second kappa shape index (κ2) is 7.52. The van der Waals surface area contributed by atoms with Gasteiger partial charge >= 0.3 is 0 Å². The third-order valence-corrected chi connectivity index (χ3v) is 5.26. The minimum atomic E-state index is -0.0840. The first kappa shape index (κ1) is 17.6. The molecule has 4 aromatic rings. The highest BCUT2D eigenvalue weighted by molar-refractivity contribution is 5.93. The molecule has 146 valence electrons. The largest absolute Gasteiger partial charge is 0.355 e. The molecule has 0 saturated carbocycles. The van der Waals surface area contributed by atoms with Gasteiger partial charge in [-0.15, -0.1) is 0 Å². The van der Waals surface area contributed by atoms with Gasteiger partial charge in [0.05, 0.1) is 17.6 Å². The summed E-state index contributed by atoms with van der Waals surface area (Å²) < 4.78 is 5.37. The maximum Gasteiger partial charge on any atom is 0.276 e. The molecule has 1 saturated heterocycles. The third-order valence-electron chi connectivity index (χ3n) is 5.26. The molecular formula is C22H21N5O2. The van der Waals surface area contributed by atoms with E-state index in [-0.39, 0.29) is 5.91 Å². The van der Waals surface area contributed by atoms with Crippen molar-refractivity contribution >= 4 is 16.9 Å². The van der Waals surface area contributed by atoms with Crippen molar-refractivity contribution in [3.63, 3.8) is 0 Å². The Morgan fingerprint density at radius 1 is 1.00 bits per heavy atom. The van der Waals surface area contributed by atoms with E-state index in [4.69, 9.17) is 4.52 Å². The molecule has 7 heteroatoms. The number of rotatable bonds is 4. The molecule has 5 rings (SSSR count). The van der Waals surface area contributed by atoms with Crippen molar-refractivity contribution in [1.82, 2.24) is 24.9 Å². The predicted molar refractivity (Wildman–Crippen MR) is 109 cm³/mol. The SMILES string of the molecule is O=C(c1cc(-c2ccccc2)on1)N1CCN(Cc2nc3ccccc3[nH]2)CC1. The van der Waals surface area contributed by atoms with Crippen LogP contribution in [-0.4, -0.2) is 57.0 Å². The van der Waals surface area contributed by atoms with Crippen LogP contribution >= 0.6 is 0 Å².